The molecule has 0 saturated heterocycles. The maximum atomic E-state index is 5.74. The second kappa shape index (κ2) is 8.51. The van der Waals surface area contributed by atoms with Crippen LogP contribution in [0.15, 0.2) is 60.7 Å². The summed E-state index contributed by atoms with van der Waals surface area (Å²) in [5.74, 6) is 0.516. The van der Waals surface area contributed by atoms with Gasteiger partial charge in [0.25, 0.3) is 0 Å². The van der Waals surface area contributed by atoms with E-state index in [1.807, 2.05) is 24.3 Å². The van der Waals surface area contributed by atoms with E-state index in [0.717, 1.165) is 19.7 Å². The van der Waals surface area contributed by atoms with Crippen molar-refractivity contribution in [2.24, 2.45) is 5.92 Å². The van der Waals surface area contributed by atoms with Gasteiger partial charge in [-0.3, -0.25) is 0 Å². The van der Waals surface area contributed by atoms with Gasteiger partial charge in [0.15, 0.2) is 0 Å². The maximum Gasteiger partial charge on any atom is 0.0717 e. The van der Waals surface area contributed by atoms with Gasteiger partial charge in [0.2, 0.25) is 0 Å². The molecule has 1 unspecified atom stereocenters. The van der Waals surface area contributed by atoms with Crippen molar-refractivity contribution in [3.05, 3.63) is 71.8 Å². The van der Waals surface area contributed by atoms with E-state index in [9.17, 15) is 0 Å². The molecule has 1 atom stereocenters. The van der Waals surface area contributed by atoms with E-state index in [-0.39, 0.29) is 0 Å². The average Bonchev–Trinajstić information content (AvgIpc) is 2.49. The average molecular weight is 269 g/mol. The molecule has 106 valence electrons. The first-order chi connectivity index (χ1) is 9.84. The van der Waals surface area contributed by atoms with Gasteiger partial charge < -0.3 is 10.1 Å². The van der Waals surface area contributed by atoms with Crippen molar-refractivity contribution in [1.82, 2.24) is 5.32 Å². The van der Waals surface area contributed by atoms with Gasteiger partial charge >= 0.3 is 0 Å². The summed E-state index contributed by atoms with van der Waals surface area (Å²) in [5, 5.41) is 3.47. The SMILES string of the molecule is CC(CNCc1ccccc1)COCc1ccccc1. The van der Waals surface area contributed by atoms with Gasteiger partial charge in [-0.2, -0.15) is 0 Å². The van der Waals surface area contributed by atoms with Crippen molar-refractivity contribution in [1.29, 1.82) is 0 Å². The monoisotopic (exact) mass is 269 g/mol. The lowest BCUT2D eigenvalue weighted by Crippen LogP contribution is -2.23. The smallest absolute Gasteiger partial charge is 0.0717 e. The van der Waals surface area contributed by atoms with Crippen molar-refractivity contribution in [2.75, 3.05) is 13.2 Å². The summed E-state index contributed by atoms with van der Waals surface area (Å²) < 4.78 is 5.74. The third-order valence-electron chi connectivity index (χ3n) is 3.18. The van der Waals surface area contributed by atoms with Gasteiger partial charge in [-0.25, -0.2) is 0 Å². The summed E-state index contributed by atoms with van der Waals surface area (Å²) >= 11 is 0. The molecule has 0 aliphatic heterocycles. The summed E-state index contributed by atoms with van der Waals surface area (Å²) in [6.45, 7) is 5.59. The highest BCUT2D eigenvalue weighted by Crippen LogP contribution is 2.03. The first-order valence-corrected chi connectivity index (χ1v) is 7.21. The molecule has 0 radical (unpaired) electrons. The van der Waals surface area contributed by atoms with Crippen molar-refractivity contribution >= 4 is 0 Å². The van der Waals surface area contributed by atoms with E-state index in [2.05, 4.69) is 48.6 Å². The van der Waals surface area contributed by atoms with Gasteiger partial charge in [0, 0.05) is 13.1 Å². The standard InChI is InChI=1S/C18H23NO/c1-16(12-19-13-17-8-4-2-5-9-17)14-20-15-18-10-6-3-7-11-18/h2-11,16,19H,12-15H2,1H3. The fourth-order valence-corrected chi connectivity index (χ4v) is 2.07. The molecule has 0 spiro atoms. The fourth-order valence-electron chi connectivity index (χ4n) is 2.07. The highest BCUT2D eigenvalue weighted by molar-refractivity contribution is 5.14. The molecule has 0 fully saturated rings. The third kappa shape index (κ3) is 5.55. The van der Waals surface area contributed by atoms with Gasteiger partial charge in [0.05, 0.1) is 13.2 Å². The minimum atomic E-state index is 0.516. The molecular formula is C18H23NO. The highest BCUT2D eigenvalue weighted by atomic mass is 16.5. The molecule has 0 heterocycles. The van der Waals surface area contributed by atoms with Crippen LogP contribution in [0.1, 0.15) is 18.1 Å². The minimum Gasteiger partial charge on any atom is -0.376 e. The maximum absolute atomic E-state index is 5.74. The van der Waals surface area contributed by atoms with Crippen LogP contribution in [0.3, 0.4) is 0 Å². The Kier molecular flexibility index (Phi) is 6.28. The number of ether oxygens (including phenoxy) is 1. The molecule has 0 aliphatic carbocycles. The molecule has 0 aromatic heterocycles. The Morgan fingerprint density at radius 3 is 2.15 bits per heavy atom. The molecule has 0 saturated carbocycles. The van der Waals surface area contributed by atoms with Gasteiger partial charge in [0.1, 0.15) is 0 Å². The Morgan fingerprint density at radius 2 is 1.50 bits per heavy atom. The van der Waals surface area contributed by atoms with Gasteiger partial charge in [-0.05, 0) is 17.0 Å². The molecular weight excluding hydrogens is 246 g/mol. The third-order valence-corrected chi connectivity index (χ3v) is 3.18. The van der Waals surface area contributed by atoms with E-state index in [1.54, 1.807) is 0 Å². The lowest BCUT2D eigenvalue weighted by atomic mass is 10.2. The van der Waals surface area contributed by atoms with E-state index in [4.69, 9.17) is 4.74 Å². The Morgan fingerprint density at radius 1 is 0.900 bits per heavy atom. The number of hydrogen-bond donors (Lipinski definition) is 1. The lowest BCUT2D eigenvalue weighted by Gasteiger charge is -2.13. The zero-order valence-corrected chi connectivity index (χ0v) is 12.1. The van der Waals surface area contributed by atoms with E-state index >= 15 is 0 Å². The van der Waals surface area contributed by atoms with Crippen LogP contribution in [0.25, 0.3) is 0 Å². The normalized spacial score (nSPS) is 12.2. The van der Waals surface area contributed by atoms with E-state index in [0.29, 0.717) is 12.5 Å². The molecule has 1 N–H and O–H groups in total. The van der Waals surface area contributed by atoms with Crippen LogP contribution in [0, 0.1) is 5.92 Å². The van der Waals surface area contributed by atoms with Gasteiger partial charge in [-0.15, -0.1) is 0 Å². The Hall–Kier alpha value is -1.64. The Labute approximate surface area is 121 Å². The van der Waals surface area contributed by atoms with E-state index in [1.165, 1.54) is 11.1 Å². The molecule has 2 heteroatoms. The van der Waals surface area contributed by atoms with E-state index < -0.39 is 0 Å². The summed E-state index contributed by atoms with van der Waals surface area (Å²) in [5.41, 5.74) is 2.56. The summed E-state index contributed by atoms with van der Waals surface area (Å²) in [4.78, 5) is 0. The van der Waals surface area contributed by atoms with Crippen LogP contribution >= 0.6 is 0 Å². The Bertz CT molecular complexity index is 424. The number of nitrogens with one attached hydrogen (secondary N) is 1. The van der Waals surface area contributed by atoms with Crippen molar-refractivity contribution < 1.29 is 4.74 Å². The molecule has 0 amide bonds. The fraction of sp³-hybridized carbons (Fsp3) is 0.333. The zero-order chi connectivity index (χ0) is 14.0. The first-order valence-electron chi connectivity index (χ1n) is 7.21. The summed E-state index contributed by atoms with van der Waals surface area (Å²) in [6, 6.07) is 20.8. The van der Waals surface area contributed by atoms with Crippen LogP contribution in [0.5, 0.6) is 0 Å². The predicted molar refractivity (Wildman–Crippen MR) is 83.4 cm³/mol. The summed E-state index contributed by atoms with van der Waals surface area (Å²) in [6.07, 6.45) is 0. The Balaban J connectivity index is 1.58. The number of rotatable bonds is 8. The molecule has 2 aromatic rings. The lowest BCUT2D eigenvalue weighted by molar-refractivity contribution is 0.0917. The van der Waals surface area contributed by atoms with Crippen molar-refractivity contribution in [3.63, 3.8) is 0 Å². The molecule has 20 heavy (non-hydrogen) atoms. The predicted octanol–water partition coefficient (Wildman–Crippen LogP) is 3.63. The molecule has 2 aromatic carbocycles. The van der Waals surface area contributed by atoms with Crippen LogP contribution in [-0.4, -0.2) is 13.2 Å². The molecule has 2 rings (SSSR count). The van der Waals surface area contributed by atoms with Crippen molar-refractivity contribution in [3.8, 4) is 0 Å². The number of benzene rings is 2. The quantitative estimate of drug-likeness (QED) is 0.790. The minimum absolute atomic E-state index is 0.516. The summed E-state index contributed by atoms with van der Waals surface area (Å²) in [7, 11) is 0. The topological polar surface area (TPSA) is 21.3 Å². The van der Waals surface area contributed by atoms with Crippen LogP contribution in [-0.2, 0) is 17.9 Å². The van der Waals surface area contributed by atoms with Crippen LogP contribution in [0.4, 0.5) is 0 Å². The largest absolute Gasteiger partial charge is 0.376 e. The second-order valence-electron chi connectivity index (χ2n) is 5.22. The molecule has 2 nitrogen and oxygen atoms in total. The molecule has 0 bridgehead atoms. The number of hydrogen-bond acceptors (Lipinski definition) is 2. The van der Waals surface area contributed by atoms with Crippen molar-refractivity contribution in [2.45, 2.75) is 20.1 Å². The molecule has 0 aliphatic rings. The van der Waals surface area contributed by atoms with Crippen LogP contribution in [0.2, 0.25) is 0 Å². The zero-order valence-electron chi connectivity index (χ0n) is 12.1. The highest BCUT2D eigenvalue weighted by Gasteiger charge is 2.02. The van der Waals surface area contributed by atoms with Gasteiger partial charge in [-0.1, -0.05) is 67.6 Å². The van der Waals surface area contributed by atoms with Crippen LogP contribution < -0.4 is 5.32 Å². The second-order valence-corrected chi connectivity index (χ2v) is 5.22. The first kappa shape index (κ1) is 14.8.